The molecule has 0 aliphatic carbocycles. The third-order valence-electron chi connectivity index (χ3n) is 3.82. The minimum absolute atomic E-state index is 0. The Morgan fingerprint density at radius 3 is 2.35 bits per heavy atom. The molecule has 8 nitrogen and oxygen atoms in total. The summed E-state index contributed by atoms with van der Waals surface area (Å²) in [5.41, 5.74) is 5.05. The summed E-state index contributed by atoms with van der Waals surface area (Å²) in [6.45, 7) is 5.75. The van der Waals surface area contributed by atoms with Crippen LogP contribution in [0.4, 0.5) is 0 Å². The molecule has 2 rings (SSSR count). The van der Waals surface area contributed by atoms with Crippen LogP contribution < -0.4 is 20.8 Å². The average Bonchev–Trinajstić information content (AvgIpc) is 2.57. The minimum atomic E-state index is -0.996. The highest BCUT2D eigenvalue weighted by molar-refractivity contribution is 5.86. The Hall–Kier alpha value is -2.32. The molecule has 0 fully saturated rings. The van der Waals surface area contributed by atoms with E-state index in [0.717, 1.165) is 0 Å². The SMILES string of the molecule is CCN(Cc1nc2cc(OC)c(OC)cc2c(=O)[nH]1)C(=O)C(C)(C)N.Cl. The Labute approximate surface area is 158 Å². The fraction of sp³-hybridized carbons (Fsp3) is 0.471. The van der Waals surface area contributed by atoms with Crippen molar-refractivity contribution in [2.45, 2.75) is 32.9 Å². The maximum Gasteiger partial charge on any atom is 0.258 e. The number of nitrogens with two attached hydrogens (primary N) is 1. The molecule has 2 aromatic rings. The van der Waals surface area contributed by atoms with Crippen LogP contribution in [0, 0.1) is 0 Å². The molecule has 26 heavy (non-hydrogen) atoms. The minimum Gasteiger partial charge on any atom is -0.493 e. The van der Waals surface area contributed by atoms with Gasteiger partial charge in [0.1, 0.15) is 5.82 Å². The molecule has 1 aromatic carbocycles. The third-order valence-corrected chi connectivity index (χ3v) is 3.82. The molecule has 1 amide bonds. The maximum absolute atomic E-state index is 12.4. The van der Waals surface area contributed by atoms with Crippen molar-refractivity contribution in [1.82, 2.24) is 14.9 Å². The predicted molar refractivity (Wildman–Crippen MR) is 102 cm³/mol. The summed E-state index contributed by atoms with van der Waals surface area (Å²) in [6.07, 6.45) is 0. The molecular weight excluding hydrogens is 360 g/mol. The van der Waals surface area contributed by atoms with Crippen LogP contribution >= 0.6 is 12.4 Å². The van der Waals surface area contributed by atoms with Gasteiger partial charge in [0.05, 0.1) is 37.2 Å². The summed E-state index contributed by atoms with van der Waals surface area (Å²) in [4.78, 5) is 33.5. The average molecular weight is 385 g/mol. The van der Waals surface area contributed by atoms with Crippen molar-refractivity contribution in [3.05, 3.63) is 28.3 Å². The fourth-order valence-corrected chi connectivity index (χ4v) is 2.50. The number of carbonyl (C=O) groups is 1. The lowest BCUT2D eigenvalue weighted by Gasteiger charge is -2.27. The van der Waals surface area contributed by atoms with Gasteiger partial charge < -0.3 is 25.1 Å². The predicted octanol–water partition coefficient (Wildman–Crippen LogP) is 1.45. The molecule has 1 heterocycles. The zero-order valence-corrected chi connectivity index (χ0v) is 16.4. The number of carbonyl (C=O) groups excluding carboxylic acids is 1. The first-order chi connectivity index (χ1) is 11.7. The normalized spacial score (nSPS) is 11.0. The zero-order chi connectivity index (χ0) is 18.8. The number of aromatic amines is 1. The largest absolute Gasteiger partial charge is 0.493 e. The van der Waals surface area contributed by atoms with Gasteiger partial charge in [-0.05, 0) is 26.8 Å². The summed E-state index contributed by atoms with van der Waals surface area (Å²) in [5.74, 6) is 1.09. The Morgan fingerprint density at radius 2 is 1.85 bits per heavy atom. The summed E-state index contributed by atoms with van der Waals surface area (Å²) in [7, 11) is 3.01. The van der Waals surface area contributed by atoms with Crippen LogP contribution in [0.5, 0.6) is 11.5 Å². The highest BCUT2D eigenvalue weighted by Crippen LogP contribution is 2.29. The monoisotopic (exact) mass is 384 g/mol. The number of hydrogen-bond donors (Lipinski definition) is 2. The van der Waals surface area contributed by atoms with Gasteiger partial charge in [-0.3, -0.25) is 9.59 Å². The highest BCUT2D eigenvalue weighted by atomic mass is 35.5. The van der Waals surface area contributed by atoms with Crippen molar-refractivity contribution in [3.8, 4) is 11.5 Å². The van der Waals surface area contributed by atoms with Crippen molar-refractivity contribution < 1.29 is 14.3 Å². The molecule has 0 spiro atoms. The first kappa shape index (κ1) is 21.7. The standard InChI is InChI=1S/C17H24N4O4.ClH/c1-6-21(16(23)17(2,3)18)9-14-19-11-8-13(25-5)12(24-4)7-10(11)15(22)20-14;/h7-8H,6,9,18H2,1-5H3,(H,19,20,22);1H. The number of rotatable bonds is 6. The van der Waals surface area contributed by atoms with Crippen molar-refractivity contribution in [2.75, 3.05) is 20.8 Å². The molecule has 0 aliphatic heterocycles. The van der Waals surface area contributed by atoms with E-state index in [1.807, 2.05) is 6.92 Å². The molecular formula is C17H25ClN4O4. The topological polar surface area (TPSA) is 111 Å². The first-order valence-electron chi connectivity index (χ1n) is 7.94. The molecule has 9 heteroatoms. The number of aromatic nitrogens is 2. The molecule has 0 aliphatic rings. The number of nitrogens with one attached hydrogen (secondary N) is 1. The summed E-state index contributed by atoms with van der Waals surface area (Å²) in [5, 5.41) is 0.384. The lowest BCUT2D eigenvalue weighted by atomic mass is 10.1. The number of ether oxygens (including phenoxy) is 2. The number of halogens is 1. The van der Waals surface area contributed by atoms with Crippen LogP contribution in [0.15, 0.2) is 16.9 Å². The van der Waals surface area contributed by atoms with Gasteiger partial charge in [0.2, 0.25) is 5.91 Å². The second kappa shape index (κ2) is 8.37. The van der Waals surface area contributed by atoms with E-state index in [1.165, 1.54) is 14.2 Å². The van der Waals surface area contributed by atoms with E-state index in [4.69, 9.17) is 15.2 Å². The molecule has 1 aromatic heterocycles. The molecule has 0 radical (unpaired) electrons. The number of nitrogens with zero attached hydrogens (tertiary/aromatic N) is 2. The van der Waals surface area contributed by atoms with E-state index >= 15 is 0 Å². The van der Waals surface area contributed by atoms with E-state index in [9.17, 15) is 9.59 Å². The Morgan fingerprint density at radius 1 is 1.27 bits per heavy atom. The number of H-pyrrole nitrogens is 1. The van der Waals surface area contributed by atoms with Gasteiger partial charge in [-0.15, -0.1) is 12.4 Å². The molecule has 0 atom stereocenters. The molecule has 144 valence electrons. The number of benzene rings is 1. The molecule has 0 saturated carbocycles. The van der Waals surface area contributed by atoms with Crippen LogP contribution in [0.2, 0.25) is 0 Å². The highest BCUT2D eigenvalue weighted by Gasteiger charge is 2.27. The van der Waals surface area contributed by atoms with Gasteiger partial charge in [0.15, 0.2) is 11.5 Å². The van der Waals surface area contributed by atoms with Crippen LogP contribution in [-0.2, 0) is 11.3 Å². The summed E-state index contributed by atoms with van der Waals surface area (Å²) >= 11 is 0. The third kappa shape index (κ3) is 4.44. The van der Waals surface area contributed by atoms with Gasteiger partial charge in [-0.1, -0.05) is 0 Å². The van der Waals surface area contributed by atoms with Crippen molar-refractivity contribution in [2.24, 2.45) is 5.73 Å². The molecule has 0 unspecified atom stereocenters. The molecule has 0 bridgehead atoms. The van der Waals surface area contributed by atoms with Gasteiger partial charge in [0.25, 0.3) is 5.56 Å². The molecule has 3 N–H and O–H groups in total. The number of hydrogen-bond acceptors (Lipinski definition) is 6. The second-order valence-electron chi connectivity index (χ2n) is 6.28. The maximum atomic E-state index is 12.4. The second-order valence-corrected chi connectivity index (χ2v) is 6.28. The number of amides is 1. The number of fused-ring (bicyclic) bond motifs is 1. The Kier molecular flexibility index (Phi) is 7.00. The van der Waals surface area contributed by atoms with Gasteiger partial charge in [0, 0.05) is 12.6 Å². The van der Waals surface area contributed by atoms with Gasteiger partial charge in [-0.25, -0.2) is 4.98 Å². The zero-order valence-electron chi connectivity index (χ0n) is 15.6. The lowest BCUT2D eigenvalue weighted by Crippen LogP contribution is -2.51. The lowest BCUT2D eigenvalue weighted by molar-refractivity contribution is -0.136. The van der Waals surface area contributed by atoms with E-state index in [1.54, 1.807) is 30.9 Å². The number of likely N-dealkylation sites (N-methyl/N-ethyl adjacent to an activating group) is 1. The van der Waals surface area contributed by atoms with E-state index in [2.05, 4.69) is 9.97 Å². The van der Waals surface area contributed by atoms with Crippen molar-refractivity contribution in [1.29, 1.82) is 0 Å². The van der Waals surface area contributed by atoms with Crippen LogP contribution in [0.3, 0.4) is 0 Å². The molecule has 0 saturated heterocycles. The number of methoxy groups -OCH3 is 2. The Balaban J connectivity index is 0.00000338. The Bertz CT molecular complexity index is 845. The quantitative estimate of drug-likeness (QED) is 0.779. The van der Waals surface area contributed by atoms with E-state index in [-0.39, 0.29) is 30.4 Å². The van der Waals surface area contributed by atoms with Gasteiger partial charge in [-0.2, -0.15) is 0 Å². The van der Waals surface area contributed by atoms with Crippen LogP contribution in [0.25, 0.3) is 10.9 Å². The van der Waals surface area contributed by atoms with Crippen LogP contribution in [-0.4, -0.2) is 47.1 Å². The van der Waals surface area contributed by atoms with E-state index in [0.29, 0.717) is 34.8 Å². The van der Waals surface area contributed by atoms with Crippen molar-refractivity contribution >= 4 is 29.2 Å². The summed E-state index contributed by atoms with van der Waals surface area (Å²) < 4.78 is 10.5. The van der Waals surface area contributed by atoms with E-state index < -0.39 is 5.54 Å². The fourth-order valence-electron chi connectivity index (χ4n) is 2.50. The first-order valence-corrected chi connectivity index (χ1v) is 7.94. The summed E-state index contributed by atoms with van der Waals surface area (Å²) in [6, 6.07) is 3.22. The van der Waals surface area contributed by atoms with Gasteiger partial charge >= 0.3 is 0 Å². The van der Waals surface area contributed by atoms with Crippen molar-refractivity contribution in [3.63, 3.8) is 0 Å². The smallest absolute Gasteiger partial charge is 0.258 e. The van der Waals surface area contributed by atoms with Crippen LogP contribution in [0.1, 0.15) is 26.6 Å².